The normalized spacial score (nSPS) is 12.2. The summed E-state index contributed by atoms with van der Waals surface area (Å²) in [4.78, 5) is 11.9. The van der Waals surface area contributed by atoms with Gasteiger partial charge in [0.05, 0.1) is 6.61 Å². The molecule has 0 radical (unpaired) electrons. The van der Waals surface area contributed by atoms with E-state index in [9.17, 15) is 13.6 Å². The van der Waals surface area contributed by atoms with Crippen molar-refractivity contribution in [2.45, 2.75) is 65.7 Å². The minimum Gasteiger partial charge on any atom is -0.491 e. The quantitative estimate of drug-likeness (QED) is 0.504. The van der Waals surface area contributed by atoms with Gasteiger partial charge in [-0.05, 0) is 44.7 Å². The Kier molecular flexibility index (Phi) is 8.82. The van der Waals surface area contributed by atoms with Crippen LogP contribution in [0.5, 0.6) is 5.75 Å². The van der Waals surface area contributed by atoms with Gasteiger partial charge < -0.3 is 4.74 Å². The summed E-state index contributed by atoms with van der Waals surface area (Å²) in [5, 5.41) is 0. The predicted molar refractivity (Wildman–Crippen MR) is 88.8 cm³/mol. The Labute approximate surface area is 138 Å². The molecule has 1 rings (SSSR count). The molecule has 2 nitrogen and oxygen atoms in total. The minimum absolute atomic E-state index is 0.0848. The molecule has 0 aliphatic rings. The van der Waals surface area contributed by atoms with Crippen LogP contribution in [0.2, 0.25) is 0 Å². The molecular weight excluding hydrogens is 298 g/mol. The maximum absolute atomic E-state index is 14.1. The Hall–Kier alpha value is -1.45. The summed E-state index contributed by atoms with van der Waals surface area (Å²) in [6.45, 7) is 6.15. The maximum atomic E-state index is 14.1. The molecular formula is C19H28F2O2. The first-order valence-electron chi connectivity index (χ1n) is 8.63. The van der Waals surface area contributed by atoms with E-state index in [0.29, 0.717) is 31.7 Å². The van der Waals surface area contributed by atoms with Crippen LogP contribution >= 0.6 is 0 Å². The second-order valence-electron chi connectivity index (χ2n) is 5.99. The fourth-order valence-corrected chi connectivity index (χ4v) is 2.69. The molecule has 0 aliphatic heterocycles. The van der Waals surface area contributed by atoms with Crippen LogP contribution in [-0.4, -0.2) is 12.4 Å². The van der Waals surface area contributed by atoms with Crippen LogP contribution in [-0.2, 0) is 11.2 Å². The lowest BCUT2D eigenvalue weighted by Crippen LogP contribution is -2.10. The smallest absolute Gasteiger partial charge is 0.171 e. The Morgan fingerprint density at radius 2 is 1.91 bits per heavy atom. The third-order valence-corrected chi connectivity index (χ3v) is 4.07. The van der Waals surface area contributed by atoms with Crippen LogP contribution in [0.3, 0.4) is 0 Å². The first kappa shape index (κ1) is 19.6. The minimum atomic E-state index is -0.598. The lowest BCUT2D eigenvalue weighted by Gasteiger charge is -2.11. The number of halogens is 2. The predicted octanol–water partition coefficient (Wildman–Crippen LogP) is 5.47. The molecule has 1 atom stereocenters. The zero-order chi connectivity index (χ0) is 17.2. The molecule has 0 aliphatic carbocycles. The molecule has 0 bridgehead atoms. The molecule has 0 spiro atoms. The van der Waals surface area contributed by atoms with Crippen molar-refractivity contribution in [2.75, 3.05) is 6.61 Å². The zero-order valence-corrected chi connectivity index (χ0v) is 14.5. The molecule has 1 unspecified atom stereocenters. The van der Waals surface area contributed by atoms with Gasteiger partial charge >= 0.3 is 0 Å². The van der Waals surface area contributed by atoms with Crippen molar-refractivity contribution >= 4 is 5.78 Å². The highest BCUT2D eigenvalue weighted by molar-refractivity contribution is 5.80. The van der Waals surface area contributed by atoms with Gasteiger partial charge in [0, 0.05) is 17.9 Å². The zero-order valence-electron chi connectivity index (χ0n) is 14.5. The van der Waals surface area contributed by atoms with Crippen LogP contribution in [0.15, 0.2) is 12.1 Å². The summed E-state index contributed by atoms with van der Waals surface area (Å²) < 4.78 is 33.0. The number of rotatable bonds is 11. The van der Waals surface area contributed by atoms with Crippen LogP contribution in [0.25, 0.3) is 0 Å². The summed E-state index contributed by atoms with van der Waals surface area (Å²) >= 11 is 0. The van der Waals surface area contributed by atoms with E-state index >= 15 is 0 Å². The van der Waals surface area contributed by atoms with Crippen molar-refractivity contribution in [3.8, 4) is 5.75 Å². The van der Waals surface area contributed by atoms with Crippen molar-refractivity contribution in [3.63, 3.8) is 0 Å². The summed E-state index contributed by atoms with van der Waals surface area (Å²) in [7, 11) is 0. The van der Waals surface area contributed by atoms with Gasteiger partial charge in [0.1, 0.15) is 11.6 Å². The first-order chi connectivity index (χ1) is 11.0. The fraction of sp³-hybridized carbons (Fsp3) is 0.632. The van der Waals surface area contributed by atoms with Crippen LogP contribution in [0, 0.1) is 17.6 Å². The number of hydrogen-bond donors (Lipinski definition) is 0. The Bertz CT molecular complexity index is 500. The van der Waals surface area contributed by atoms with Crippen LogP contribution in [0.1, 0.15) is 64.9 Å². The first-order valence-corrected chi connectivity index (χ1v) is 8.63. The fourth-order valence-electron chi connectivity index (χ4n) is 2.69. The molecule has 1 aromatic carbocycles. The van der Waals surface area contributed by atoms with Gasteiger partial charge in [-0.2, -0.15) is 0 Å². The van der Waals surface area contributed by atoms with Crippen LogP contribution in [0.4, 0.5) is 8.78 Å². The van der Waals surface area contributed by atoms with E-state index in [4.69, 9.17) is 4.74 Å². The van der Waals surface area contributed by atoms with E-state index in [2.05, 4.69) is 6.92 Å². The molecule has 23 heavy (non-hydrogen) atoms. The standard InChI is InChI=1S/C19H28F2O2/c1-4-9-14(3)17(22)11-8-6-7-10-15-16(20)12-13-18(19(15)21)23-5-2/h12-14H,4-11H2,1-3H3. The van der Waals surface area contributed by atoms with E-state index in [-0.39, 0.29) is 17.2 Å². The third kappa shape index (κ3) is 6.28. The van der Waals surface area contributed by atoms with Crippen molar-refractivity contribution in [1.82, 2.24) is 0 Å². The van der Waals surface area contributed by atoms with E-state index in [0.717, 1.165) is 25.7 Å². The number of ether oxygens (including phenoxy) is 1. The van der Waals surface area contributed by atoms with Crippen molar-refractivity contribution in [3.05, 3.63) is 29.3 Å². The van der Waals surface area contributed by atoms with Gasteiger partial charge in [-0.25, -0.2) is 8.78 Å². The van der Waals surface area contributed by atoms with Crippen LogP contribution < -0.4 is 4.74 Å². The van der Waals surface area contributed by atoms with Crippen molar-refractivity contribution < 1.29 is 18.3 Å². The van der Waals surface area contributed by atoms with E-state index in [1.165, 1.54) is 12.1 Å². The largest absolute Gasteiger partial charge is 0.491 e. The molecule has 0 aromatic heterocycles. The average Bonchev–Trinajstić information content (AvgIpc) is 2.52. The topological polar surface area (TPSA) is 26.3 Å². The van der Waals surface area contributed by atoms with Gasteiger partial charge in [-0.15, -0.1) is 0 Å². The van der Waals surface area contributed by atoms with Gasteiger partial charge in [0.25, 0.3) is 0 Å². The monoisotopic (exact) mass is 326 g/mol. The van der Waals surface area contributed by atoms with Gasteiger partial charge in [-0.3, -0.25) is 4.79 Å². The summed E-state index contributed by atoms with van der Waals surface area (Å²) in [5.41, 5.74) is 0.0848. The molecule has 130 valence electrons. The lowest BCUT2D eigenvalue weighted by atomic mass is 9.96. The number of Topliss-reactive ketones (excluding diaryl/α,β-unsaturated/α-hetero) is 1. The lowest BCUT2D eigenvalue weighted by molar-refractivity contribution is -0.122. The van der Waals surface area contributed by atoms with E-state index in [1.54, 1.807) is 6.92 Å². The molecule has 0 amide bonds. The van der Waals surface area contributed by atoms with Gasteiger partial charge in [0.2, 0.25) is 0 Å². The Balaban J connectivity index is 2.41. The molecule has 0 N–H and O–H groups in total. The molecule has 0 heterocycles. The molecule has 1 aromatic rings. The SMILES string of the molecule is CCCC(C)C(=O)CCCCCc1c(F)ccc(OCC)c1F. The van der Waals surface area contributed by atoms with E-state index < -0.39 is 11.6 Å². The third-order valence-electron chi connectivity index (χ3n) is 4.07. The molecule has 0 fully saturated rings. The number of carbonyl (C=O) groups excluding carboxylic acids is 1. The summed E-state index contributed by atoms with van der Waals surface area (Å²) in [5.74, 6) is -0.606. The van der Waals surface area contributed by atoms with Gasteiger partial charge in [-0.1, -0.05) is 26.7 Å². The van der Waals surface area contributed by atoms with Gasteiger partial charge in [0.15, 0.2) is 11.6 Å². The Morgan fingerprint density at radius 3 is 2.57 bits per heavy atom. The number of carbonyl (C=O) groups is 1. The molecule has 4 heteroatoms. The highest BCUT2D eigenvalue weighted by atomic mass is 19.1. The number of unbranched alkanes of at least 4 members (excludes halogenated alkanes) is 2. The summed E-state index contributed by atoms with van der Waals surface area (Å²) in [6, 6.07) is 2.57. The second kappa shape index (κ2) is 10.3. The number of benzene rings is 1. The average molecular weight is 326 g/mol. The highest BCUT2D eigenvalue weighted by Gasteiger charge is 2.15. The van der Waals surface area contributed by atoms with E-state index in [1.807, 2.05) is 6.92 Å². The van der Waals surface area contributed by atoms with Crippen molar-refractivity contribution in [2.24, 2.45) is 5.92 Å². The maximum Gasteiger partial charge on any atom is 0.171 e. The summed E-state index contributed by atoms with van der Waals surface area (Å²) in [6.07, 6.45) is 5.08. The molecule has 0 saturated heterocycles. The second-order valence-corrected chi connectivity index (χ2v) is 5.99. The number of ketones is 1. The molecule has 0 saturated carbocycles. The highest BCUT2D eigenvalue weighted by Crippen LogP contribution is 2.25. The Morgan fingerprint density at radius 1 is 1.17 bits per heavy atom. The number of hydrogen-bond acceptors (Lipinski definition) is 2. The van der Waals surface area contributed by atoms with Crippen molar-refractivity contribution in [1.29, 1.82) is 0 Å².